The molecular formula is C21H21FN6O2. The Kier molecular flexibility index (Phi) is 4.93. The first-order valence-corrected chi connectivity index (χ1v) is 8.97. The average molecular weight is 408 g/mol. The number of aromatic nitrogens is 4. The highest BCUT2D eigenvalue weighted by Crippen LogP contribution is 2.28. The Morgan fingerprint density at radius 3 is 2.47 bits per heavy atom. The van der Waals surface area contributed by atoms with Crippen LogP contribution in [0.1, 0.15) is 13.2 Å². The van der Waals surface area contributed by atoms with Gasteiger partial charge in [0.1, 0.15) is 5.82 Å². The Morgan fingerprint density at radius 2 is 1.77 bits per heavy atom. The van der Waals surface area contributed by atoms with E-state index in [1.165, 1.54) is 23.2 Å². The number of rotatable bonds is 4. The highest BCUT2D eigenvalue weighted by molar-refractivity contribution is 5.94. The van der Waals surface area contributed by atoms with Gasteiger partial charge in [0, 0.05) is 28.1 Å². The molecule has 0 atom stereocenters. The molecule has 0 fully saturated rings. The molecule has 2 aromatic carbocycles. The predicted molar refractivity (Wildman–Crippen MR) is 113 cm³/mol. The van der Waals surface area contributed by atoms with Crippen LogP contribution in [0.5, 0.6) is 0 Å². The summed E-state index contributed by atoms with van der Waals surface area (Å²) in [6.45, 7) is 0. The van der Waals surface area contributed by atoms with Gasteiger partial charge in [0.2, 0.25) is 0 Å². The summed E-state index contributed by atoms with van der Waals surface area (Å²) >= 11 is 0. The van der Waals surface area contributed by atoms with Crippen molar-refractivity contribution in [2.45, 2.75) is 0 Å². The minimum atomic E-state index is -0.479. The Labute approximate surface area is 174 Å². The van der Waals surface area contributed by atoms with Crippen LogP contribution in [0.4, 0.5) is 10.2 Å². The van der Waals surface area contributed by atoms with E-state index >= 15 is 0 Å². The molecule has 0 spiro atoms. The molecule has 4 rings (SSSR count). The summed E-state index contributed by atoms with van der Waals surface area (Å²) < 4.78 is 19.6. The molecule has 0 aliphatic rings. The molecule has 8 nitrogen and oxygen atoms in total. The molecule has 0 aliphatic heterocycles. The van der Waals surface area contributed by atoms with Crippen molar-refractivity contribution in [2.24, 2.45) is 0 Å². The second-order valence-electron chi connectivity index (χ2n) is 6.66. The van der Waals surface area contributed by atoms with E-state index in [0.29, 0.717) is 11.3 Å². The molecule has 2 aromatic heterocycles. The lowest BCUT2D eigenvalue weighted by atomic mass is 10.1. The molecule has 9 heteroatoms. The molecule has 2 N–H and O–H groups in total. The molecule has 0 unspecified atom stereocenters. The maximum Gasteiger partial charge on any atom is 0.270 e. The van der Waals surface area contributed by atoms with Crippen LogP contribution in [0.15, 0.2) is 59.1 Å². The van der Waals surface area contributed by atoms with Crippen molar-refractivity contribution in [1.29, 1.82) is 0 Å². The summed E-state index contributed by atoms with van der Waals surface area (Å²) in [6.07, 6.45) is 1.51. The van der Waals surface area contributed by atoms with E-state index in [1.807, 2.05) is 0 Å². The second kappa shape index (κ2) is 7.70. The number of benzene rings is 2. The van der Waals surface area contributed by atoms with Gasteiger partial charge in [-0.3, -0.25) is 4.79 Å². The van der Waals surface area contributed by atoms with Gasteiger partial charge in [0.25, 0.3) is 17.7 Å². The number of nitrogens with zero attached hydrogens (tertiary/aromatic N) is 5. The first-order valence-electron chi connectivity index (χ1n) is 8.97. The van der Waals surface area contributed by atoms with Crippen LogP contribution in [0.2, 0.25) is 0 Å². The summed E-state index contributed by atoms with van der Waals surface area (Å²) in [6, 6.07) is 13.0. The van der Waals surface area contributed by atoms with E-state index in [9.17, 15) is 9.18 Å². The van der Waals surface area contributed by atoms with E-state index in [0.717, 1.165) is 5.56 Å². The molecule has 4 aromatic rings. The lowest BCUT2D eigenvalue weighted by molar-refractivity contribution is 0.0827. The number of nitrogen functional groups attached to an aromatic ring is 1. The van der Waals surface area contributed by atoms with Crippen LogP contribution in [-0.2, 0) is 0 Å². The lowest BCUT2D eigenvalue weighted by Crippen LogP contribution is -2.21. The zero-order valence-electron chi connectivity index (χ0n) is 16.2. The molecular weight excluding hydrogens is 387 g/mol. The van der Waals surface area contributed by atoms with Crippen molar-refractivity contribution in [3.05, 3.63) is 66.1 Å². The maximum atomic E-state index is 14.0. The number of nitrogens with two attached hydrogens (primary N) is 1. The Balaban J connectivity index is 0.00000181. The quantitative estimate of drug-likeness (QED) is 0.547. The van der Waals surface area contributed by atoms with Crippen molar-refractivity contribution in [2.75, 3.05) is 19.8 Å². The van der Waals surface area contributed by atoms with E-state index in [2.05, 4.69) is 20.2 Å². The van der Waals surface area contributed by atoms with Crippen molar-refractivity contribution in [3.8, 4) is 34.3 Å². The number of anilines is 1. The van der Waals surface area contributed by atoms with Crippen molar-refractivity contribution in [3.63, 3.8) is 0 Å². The number of carbonyl (C=O) groups excluding carboxylic acids is 1. The average Bonchev–Trinajstić information content (AvgIpc) is 3.23. The van der Waals surface area contributed by atoms with E-state index in [1.54, 1.807) is 50.5 Å². The molecule has 30 heavy (non-hydrogen) atoms. The third-order valence-corrected chi connectivity index (χ3v) is 4.37. The third kappa shape index (κ3) is 3.60. The molecule has 0 saturated heterocycles. The molecule has 1 amide bonds. The van der Waals surface area contributed by atoms with Gasteiger partial charge in [-0.05, 0) is 24.3 Å². The summed E-state index contributed by atoms with van der Waals surface area (Å²) in [7, 11) is 3.38. The zero-order valence-corrected chi connectivity index (χ0v) is 16.2. The number of amides is 1. The topological polar surface area (TPSA) is 111 Å². The Bertz CT molecular complexity index is 1230. The van der Waals surface area contributed by atoms with Gasteiger partial charge < -0.3 is 15.1 Å². The minimum Gasteiger partial charge on any atom is -0.414 e. The van der Waals surface area contributed by atoms with Crippen LogP contribution >= 0.6 is 0 Å². The number of hydrogen-bond acceptors (Lipinski definition) is 7. The molecule has 0 radical (unpaired) electrons. The van der Waals surface area contributed by atoms with E-state index in [4.69, 9.17) is 10.2 Å². The molecule has 2 heterocycles. The third-order valence-electron chi connectivity index (χ3n) is 4.37. The molecule has 0 bridgehead atoms. The van der Waals surface area contributed by atoms with Crippen LogP contribution in [0.25, 0.3) is 34.3 Å². The normalized spacial score (nSPS) is 10.8. The van der Waals surface area contributed by atoms with Crippen molar-refractivity contribution >= 4 is 11.7 Å². The van der Waals surface area contributed by atoms with Gasteiger partial charge in [-0.2, -0.15) is 0 Å². The van der Waals surface area contributed by atoms with Crippen molar-refractivity contribution < 1.29 is 16.5 Å². The van der Waals surface area contributed by atoms with Gasteiger partial charge >= 0.3 is 0 Å². The first-order chi connectivity index (χ1) is 14.4. The van der Waals surface area contributed by atoms with E-state index < -0.39 is 5.82 Å². The number of carbonyl (C=O) groups is 1. The van der Waals surface area contributed by atoms with Gasteiger partial charge in [-0.25, -0.2) is 14.4 Å². The fraction of sp³-hybridized carbons (Fsp3) is 0.0952. The van der Waals surface area contributed by atoms with Crippen LogP contribution in [0.3, 0.4) is 0 Å². The minimum absolute atomic E-state index is 0. The molecule has 0 saturated carbocycles. The fourth-order valence-corrected chi connectivity index (χ4v) is 2.80. The SMILES string of the molecule is CN(C)C(=O)c1ccc(-c2cnc(N)c(-c3nnc(-c4ccccc4F)o3)n2)cc1.[HH].[HH]. The summed E-state index contributed by atoms with van der Waals surface area (Å²) in [5, 5.41) is 7.83. The van der Waals surface area contributed by atoms with Gasteiger partial charge in [0.05, 0.1) is 17.5 Å². The second-order valence-corrected chi connectivity index (χ2v) is 6.66. The lowest BCUT2D eigenvalue weighted by Gasteiger charge is -2.10. The van der Waals surface area contributed by atoms with Crippen molar-refractivity contribution in [1.82, 2.24) is 25.1 Å². The van der Waals surface area contributed by atoms with Gasteiger partial charge in [0.15, 0.2) is 11.5 Å². The number of hydrogen-bond donors (Lipinski definition) is 1. The van der Waals surface area contributed by atoms with Gasteiger partial charge in [-0.1, -0.05) is 24.3 Å². The summed E-state index contributed by atoms with van der Waals surface area (Å²) in [4.78, 5) is 22.2. The standard InChI is InChI=1S/C21H17FN6O2.2H2/c1-28(2)21(29)13-9-7-12(8-10-13)16-11-24-18(23)17(25-16)20-27-26-19(30-20)14-5-3-4-6-15(14)22;;/h3-11H,1-2H3,(H2,23,24);2*1H. The molecule has 154 valence electrons. The monoisotopic (exact) mass is 408 g/mol. The zero-order chi connectivity index (χ0) is 21.3. The maximum absolute atomic E-state index is 14.0. The van der Waals surface area contributed by atoms with E-state index in [-0.39, 0.29) is 37.6 Å². The Hall–Kier alpha value is -4.14. The predicted octanol–water partition coefficient (Wildman–Crippen LogP) is 3.78. The van der Waals surface area contributed by atoms with Crippen LogP contribution in [-0.4, -0.2) is 45.1 Å². The summed E-state index contributed by atoms with van der Waals surface area (Å²) in [5.41, 5.74) is 8.11. The molecule has 0 aliphatic carbocycles. The smallest absolute Gasteiger partial charge is 0.270 e. The fourth-order valence-electron chi connectivity index (χ4n) is 2.80. The van der Waals surface area contributed by atoms with Crippen LogP contribution < -0.4 is 5.73 Å². The van der Waals surface area contributed by atoms with Gasteiger partial charge in [-0.15, -0.1) is 10.2 Å². The summed E-state index contributed by atoms with van der Waals surface area (Å²) in [5.74, 6) is -0.437. The Morgan fingerprint density at radius 1 is 1.07 bits per heavy atom. The number of halogens is 1. The van der Waals surface area contributed by atoms with Crippen LogP contribution in [0, 0.1) is 5.82 Å². The largest absolute Gasteiger partial charge is 0.414 e. The highest BCUT2D eigenvalue weighted by atomic mass is 19.1. The highest BCUT2D eigenvalue weighted by Gasteiger charge is 2.18. The first kappa shape index (κ1) is 19.2.